The van der Waals surface area contributed by atoms with E-state index in [4.69, 9.17) is 0 Å². The number of phenolic OH excluding ortho intramolecular Hbond substituents is 1. The zero-order chi connectivity index (χ0) is 19.2. The minimum absolute atomic E-state index is 0.0689. The second kappa shape index (κ2) is 8.14. The van der Waals surface area contributed by atoms with Gasteiger partial charge in [0.25, 0.3) is 11.8 Å². The molecule has 0 bridgehead atoms. The summed E-state index contributed by atoms with van der Waals surface area (Å²) < 4.78 is 0. The molecular formula is C21H19N3O3. The van der Waals surface area contributed by atoms with Crippen molar-refractivity contribution in [3.05, 3.63) is 77.4 Å². The van der Waals surface area contributed by atoms with Crippen molar-refractivity contribution in [2.75, 3.05) is 6.54 Å². The number of carbonyl (C=O) groups excluding carboxylic acids is 2. The number of amides is 2. The van der Waals surface area contributed by atoms with Crippen molar-refractivity contribution >= 4 is 28.8 Å². The average molecular weight is 361 g/mol. The summed E-state index contributed by atoms with van der Waals surface area (Å²) in [4.78, 5) is 23.9. The number of aryl methyl sites for hydroxylation is 1. The molecule has 3 aromatic carbocycles. The molecule has 3 rings (SSSR count). The number of phenols is 1. The van der Waals surface area contributed by atoms with Gasteiger partial charge >= 0.3 is 0 Å². The second-order valence-electron chi connectivity index (χ2n) is 6.06. The van der Waals surface area contributed by atoms with Gasteiger partial charge in [-0.05, 0) is 35.9 Å². The third-order valence-electron chi connectivity index (χ3n) is 4.05. The standard InChI is InChI=1S/C21H19N3O3/c1-14-6-8-16(9-7-14)21(27)22-13-20(26)24-23-12-18-17-5-3-2-4-15(17)10-11-19(18)25/h2-12,25H,13H2,1H3,(H,22,27)(H,24,26). The number of carbonyl (C=O) groups is 2. The van der Waals surface area contributed by atoms with Gasteiger partial charge in [0.05, 0.1) is 12.8 Å². The van der Waals surface area contributed by atoms with Crippen molar-refractivity contribution in [3.63, 3.8) is 0 Å². The van der Waals surface area contributed by atoms with Crippen LogP contribution >= 0.6 is 0 Å². The van der Waals surface area contributed by atoms with Gasteiger partial charge in [-0.15, -0.1) is 0 Å². The fourth-order valence-electron chi connectivity index (χ4n) is 2.60. The molecule has 0 saturated carbocycles. The van der Waals surface area contributed by atoms with Crippen LogP contribution in [-0.4, -0.2) is 29.7 Å². The molecule has 136 valence electrons. The third-order valence-corrected chi connectivity index (χ3v) is 4.05. The first kappa shape index (κ1) is 18.1. The molecular weight excluding hydrogens is 342 g/mol. The molecule has 0 unspecified atom stereocenters. The lowest BCUT2D eigenvalue weighted by Gasteiger charge is -2.06. The summed E-state index contributed by atoms with van der Waals surface area (Å²) >= 11 is 0. The molecule has 3 N–H and O–H groups in total. The minimum Gasteiger partial charge on any atom is -0.507 e. The van der Waals surface area contributed by atoms with Crippen LogP contribution in [0.15, 0.2) is 65.8 Å². The molecule has 0 spiro atoms. The fraction of sp³-hybridized carbons (Fsp3) is 0.0952. The van der Waals surface area contributed by atoms with E-state index in [2.05, 4.69) is 15.8 Å². The molecule has 0 radical (unpaired) electrons. The van der Waals surface area contributed by atoms with Crippen molar-refractivity contribution < 1.29 is 14.7 Å². The average Bonchev–Trinajstić information content (AvgIpc) is 2.68. The highest BCUT2D eigenvalue weighted by molar-refractivity contribution is 6.02. The zero-order valence-electron chi connectivity index (χ0n) is 14.8. The predicted octanol–water partition coefficient (Wildman–Crippen LogP) is 2.73. The number of hydrazone groups is 1. The van der Waals surface area contributed by atoms with E-state index in [0.717, 1.165) is 16.3 Å². The van der Waals surface area contributed by atoms with Crippen LogP contribution in [0, 0.1) is 6.92 Å². The molecule has 27 heavy (non-hydrogen) atoms. The largest absolute Gasteiger partial charge is 0.507 e. The van der Waals surface area contributed by atoms with Gasteiger partial charge in [0, 0.05) is 11.1 Å². The van der Waals surface area contributed by atoms with Crippen LogP contribution in [0.2, 0.25) is 0 Å². The topological polar surface area (TPSA) is 90.8 Å². The number of rotatable bonds is 5. The van der Waals surface area contributed by atoms with Crippen LogP contribution in [0.3, 0.4) is 0 Å². The summed E-state index contributed by atoms with van der Waals surface area (Å²) in [6.45, 7) is 1.73. The van der Waals surface area contributed by atoms with Crippen LogP contribution in [0.5, 0.6) is 5.75 Å². The van der Waals surface area contributed by atoms with Crippen molar-refractivity contribution in [1.29, 1.82) is 0 Å². The summed E-state index contributed by atoms with van der Waals surface area (Å²) in [5, 5.41) is 18.2. The van der Waals surface area contributed by atoms with Crippen molar-refractivity contribution in [1.82, 2.24) is 10.7 Å². The quantitative estimate of drug-likeness (QED) is 0.482. The number of nitrogens with one attached hydrogen (secondary N) is 2. The summed E-state index contributed by atoms with van der Waals surface area (Å²) in [5.41, 5.74) is 4.39. The monoisotopic (exact) mass is 361 g/mol. The fourth-order valence-corrected chi connectivity index (χ4v) is 2.60. The van der Waals surface area contributed by atoms with Gasteiger partial charge in [0.1, 0.15) is 5.75 Å². The number of benzene rings is 3. The molecule has 2 amide bonds. The molecule has 0 fully saturated rings. The van der Waals surface area contributed by atoms with E-state index in [1.54, 1.807) is 24.3 Å². The summed E-state index contributed by atoms with van der Waals surface area (Å²) in [6.07, 6.45) is 1.39. The minimum atomic E-state index is -0.466. The Morgan fingerprint density at radius 3 is 2.56 bits per heavy atom. The van der Waals surface area contributed by atoms with Gasteiger partial charge in [-0.1, -0.05) is 48.0 Å². The summed E-state index contributed by atoms with van der Waals surface area (Å²) in [6, 6.07) is 18.0. The van der Waals surface area contributed by atoms with Gasteiger partial charge in [-0.2, -0.15) is 5.10 Å². The number of nitrogens with zero attached hydrogens (tertiary/aromatic N) is 1. The Kier molecular flexibility index (Phi) is 5.47. The highest BCUT2D eigenvalue weighted by Crippen LogP contribution is 2.25. The first-order valence-corrected chi connectivity index (χ1v) is 8.42. The SMILES string of the molecule is Cc1ccc(C(=O)NCC(=O)NN=Cc2c(O)ccc3ccccc23)cc1. The van der Waals surface area contributed by atoms with E-state index in [0.29, 0.717) is 11.1 Å². The number of aromatic hydroxyl groups is 1. The van der Waals surface area contributed by atoms with Crippen LogP contribution in [0.4, 0.5) is 0 Å². The van der Waals surface area contributed by atoms with E-state index < -0.39 is 5.91 Å². The molecule has 0 aliphatic carbocycles. The Balaban J connectivity index is 1.59. The van der Waals surface area contributed by atoms with Gasteiger partial charge in [0.15, 0.2) is 0 Å². The maximum Gasteiger partial charge on any atom is 0.259 e. The second-order valence-corrected chi connectivity index (χ2v) is 6.06. The normalized spacial score (nSPS) is 10.9. The van der Waals surface area contributed by atoms with Gasteiger partial charge in [0.2, 0.25) is 0 Å². The maximum atomic E-state index is 12.0. The summed E-state index contributed by atoms with van der Waals surface area (Å²) in [7, 11) is 0. The van der Waals surface area contributed by atoms with E-state index in [1.807, 2.05) is 43.3 Å². The maximum absolute atomic E-state index is 12.0. The van der Waals surface area contributed by atoms with Gasteiger partial charge in [-0.25, -0.2) is 5.43 Å². The van der Waals surface area contributed by atoms with Crippen LogP contribution in [-0.2, 0) is 4.79 Å². The van der Waals surface area contributed by atoms with E-state index in [1.165, 1.54) is 6.21 Å². The third kappa shape index (κ3) is 4.49. The highest BCUT2D eigenvalue weighted by Gasteiger charge is 2.08. The molecule has 3 aromatic rings. The van der Waals surface area contributed by atoms with E-state index in [-0.39, 0.29) is 18.2 Å². The lowest BCUT2D eigenvalue weighted by Crippen LogP contribution is -2.34. The molecule has 6 nitrogen and oxygen atoms in total. The number of hydrogen-bond acceptors (Lipinski definition) is 4. The molecule has 6 heteroatoms. The smallest absolute Gasteiger partial charge is 0.259 e. The van der Waals surface area contributed by atoms with Crippen LogP contribution in [0.25, 0.3) is 10.8 Å². The Morgan fingerprint density at radius 2 is 1.78 bits per heavy atom. The number of hydrogen-bond donors (Lipinski definition) is 3. The van der Waals surface area contributed by atoms with Crippen LogP contribution < -0.4 is 10.7 Å². The first-order chi connectivity index (χ1) is 13.0. The zero-order valence-corrected chi connectivity index (χ0v) is 14.8. The van der Waals surface area contributed by atoms with Gasteiger partial charge in [-0.3, -0.25) is 9.59 Å². The van der Waals surface area contributed by atoms with Crippen molar-refractivity contribution in [2.24, 2.45) is 5.10 Å². The lowest BCUT2D eigenvalue weighted by molar-refractivity contribution is -0.120. The molecule has 0 atom stereocenters. The molecule has 0 heterocycles. The van der Waals surface area contributed by atoms with E-state index in [9.17, 15) is 14.7 Å². The Hall–Kier alpha value is -3.67. The van der Waals surface area contributed by atoms with Crippen LogP contribution in [0.1, 0.15) is 21.5 Å². The molecule has 0 aromatic heterocycles. The lowest BCUT2D eigenvalue weighted by atomic mass is 10.0. The molecule has 0 saturated heterocycles. The highest BCUT2D eigenvalue weighted by atomic mass is 16.3. The summed E-state index contributed by atoms with van der Waals surface area (Å²) in [5.74, 6) is -0.730. The number of fused-ring (bicyclic) bond motifs is 1. The Morgan fingerprint density at radius 1 is 1.04 bits per heavy atom. The Bertz CT molecular complexity index is 1010. The van der Waals surface area contributed by atoms with Gasteiger partial charge < -0.3 is 10.4 Å². The first-order valence-electron chi connectivity index (χ1n) is 8.42. The Labute approximate surface area is 156 Å². The van der Waals surface area contributed by atoms with Crippen molar-refractivity contribution in [2.45, 2.75) is 6.92 Å². The van der Waals surface area contributed by atoms with Crippen molar-refractivity contribution in [3.8, 4) is 5.75 Å². The molecule has 0 aliphatic rings. The molecule has 0 aliphatic heterocycles. The predicted molar refractivity (Wildman–Crippen MR) is 105 cm³/mol. The van der Waals surface area contributed by atoms with E-state index >= 15 is 0 Å².